The highest BCUT2D eigenvalue weighted by Gasteiger charge is 2.28. The fraction of sp³-hybridized carbons (Fsp3) is 0.750. The van der Waals surface area contributed by atoms with Crippen LogP contribution in [-0.4, -0.2) is 49.7 Å². The van der Waals surface area contributed by atoms with E-state index in [1.54, 1.807) is 6.92 Å². The molecule has 1 saturated heterocycles. The van der Waals surface area contributed by atoms with Crippen LogP contribution < -0.4 is 0 Å². The molecule has 0 radical (unpaired) electrons. The molecule has 1 fully saturated rings. The number of nitrogens with zero attached hydrogens (tertiary/aromatic N) is 4. The van der Waals surface area contributed by atoms with Gasteiger partial charge in [0.2, 0.25) is 0 Å². The Morgan fingerprint density at radius 2 is 2.10 bits per heavy atom. The number of hydrogen-bond acceptors (Lipinski definition) is 5. The van der Waals surface area contributed by atoms with Gasteiger partial charge in [0, 0.05) is 6.54 Å². The quantitative estimate of drug-likeness (QED) is 0.661. The molecular formula is C12H19ClN4O3. The first kappa shape index (κ1) is 15.2. The van der Waals surface area contributed by atoms with Crippen LogP contribution in [0.2, 0.25) is 5.28 Å². The van der Waals surface area contributed by atoms with Crippen molar-refractivity contribution in [2.45, 2.75) is 38.3 Å². The highest BCUT2D eigenvalue weighted by Crippen LogP contribution is 2.20. The minimum Gasteiger partial charge on any atom is -0.387 e. The van der Waals surface area contributed by atoms with E-state index in [4.69, 9.17) is 11.6 Å². The van der Waals surface area contributed by atoms with Gasteiger partial charge in [-0.15, -0.1) is 0 Å². The van der Waals surface area contributed by atoms with Crippen LogP contribution in [0.15, 0.2) is 6.20 Å². The topological polar surface area (TPSA) is 84.4 Å². The minimum atomic E-state index is -1.00. The standard InChI is InChI=1S/C12H19ClN4O3/c1-12(18,8-15-5-3-2-4-6-15)9-16-7-10(17(19)20)14-11(16)13/h7,18H,2-6,8-9H2,1H3. The Labute approximate surface area is 122 Å². The van der Waals surface area contributed by atoms with Crippen molar-refractivity contribution in [3.63, 3.8) is 0 Å². The average Bonchev–Trinajstić information content (AvgIpc) is 2.71. The molecule has 112 valence electrons. The number of halogens is 1. The van der Waals surface area contributed by atoms with Crippen LogP contribution in [0.5, 0.6) is 0 Å². The van der Waals surface area contributed by atoms with Gasteiger partial charge < -0.3 is 20.1 Å². The summed E-state index contributed by atoms with van der Waals surface area (Å²) in [7, 11) is 0. The first-order chi connectivity index (χ1) is 9.37. The number of aromatic nitrogens is 2. The van der Waals surface area contributed by atoms with Crippen molar-refractivity contribution >= 4 is 17.4 Å². The molecule has 0 amide bonds. The molecule has 0 aliphatic carbocycles. The van der Waals surface area contributed by atoms with Crippen molar-refractivity contribution in [2.24, 2.45) is 0 Å². The molecule has 1 aromatic rings. The predicted molar refractivity (Wildman–Crippen MR) is 74.8 cm³/mol. The van der Waals surface area contributed by atoms with Crippen LogP contribution in [0.1, 0.15) is 26.2 Å². The van der Waals surface area contributed by atoms with Crippen LogP contribution >= 0.6 is 11.6 Å². The van der Waals surface area contributed by atoms with E-state index in [1.807, 2.05) is 0 Å². The van der Waals surface area contributed by atoms with E-state index < -0.39 is 10.5 Å². The Kier molecular flexibility index (Phi) is 4.62. The zero-order chi connectivity index (χ0) is 14.8. The second-order valence-electron chi connectivity index (χ2n) is 5.59. The first-order valence-corrected chi connectivity index (χ1v) is 7.07. The zero-order valence-electron chi connectivity index (χ0n) is 11.5. The molecule has 0 saturated carbocycles. The van der Waals surface area contributed by atoms with Crippen molar-refractivity contribution < 1.29 is 10.0 Å². The van der Waals surface area contributed by atoms with E-state index in [0.717, 1.165) is 25.9 Å². The largest absolute Gasteiger partial charge is 0.387 e. The summed E-state index contributed by atoms with van der Waals surface area (Å²) < 4.78 is 1.42. The van der Waals surface area contributed by atoms with E-state index in [1.165, 1.54) is 17.2 Å². The van der Waals surface area contributed by atoms with Crippen LogP contribution in [0.4, 0.5) is 5.82 Å². The van der Waals surface area contributed by atoms with E-state index in [2.05, 4.69) is 9.88 Å². The predicted octanol–water partition coefficient (Wildman–Crippen LogP) is 1.68. The highest BCUT2D eigenvalue weighted by atomic mass is 35.5. The van der Waals surface area contributed by atoms with Gasteiger partial charge in [0.05, 0.1) is 12.1 Å². The smallest absolute Gasteiger partial charge is 0.383 e. The first-order valence-electron chi connectivity index (χ1n) is 6.69. The zero-order valence-corrected chi connectivity index (χ0v) is 12.2. The highest BCUT2D eigenvalue weighted by molar-refractivity contribution is 6.28. The second-order valence-corrected chi connectivity index (χ2v) is 5.92. The normalized spacial score (nSPS) is 19.8. The summed E-state index contributed by atoms with van der Waals surface area (Å²) in [5.41, 5.74) is -1.00. The molecule has 0 aromatic carbocycles. The van der Waals surface area contributed by atoms with Crippen molar-refractivity contribution in [2.75, 3.05) is 19.6 Å². The molecule has 0 bridgehead atoms. The molecule has 1 aromatic heterocycles. The lowest BCUT2D eigenvalue weighted by molar-refractivity contribution is -0.389. The summed E-state index contributed by atoms with van der Waals surface area (Å²) in [4.78, 5) is 15.9. The third-order valence-electron chi connectivity index (χ3n) is 3.43. The molecule has 0 spiro atoms. The second kappa shape index (κ2) is 6.07. The maximum Gasteiger partial charge on any atom is 0.383 e. The van der Waals surface area contributed by atoms with Crippen LogP contribution in [0, 0.1) is 10.1 Å². The molecule has 1 aliphatic rings. The molecule has 1 N–H and O–H groups in total. The van der Waals surface area contributed by atoms with Gasteiger partial charge in [-0.3, -0.25) is 4.57 Å². The monoisotopic (exact) mass is 302 g/mol. The fourth-order valence-corrected chi connectivity index (χ4v) is 2.79. The Morgan fingerprint density at radius 1 is 1.45 bits per heavy atom. The van der Waals surface area contributed by atoms with E-state index in [-0.39, 0.29) is 17.6 Å². The summed E-state index contributed by atoms with van der Waals surface area (Å²) in [6, 6.07) is 0. The maximum absolute atomic E-state index is 10.6. The van der Waals surface area contributed by atoms with Crippen molar-refractivity contribution in [1.82, 2.24) is 14.5 Å². The molecule has 8 heteroatoms. The lowest BCUT2D eigenvalue weighted by Gasteiger charge is -2.33. The van der Waals surface area contributed by atoms with Gasteiger partial charge in [0.25, 0.3) is 0 Å². The van der Waals surface area contributed by atoms with E-state index in [9.17, 15) is 15.2 Å². The third-order valence-corrected chi connectivity index (χ3v) is 3.73. The molecular weight excluding hydrogens is 284 g/mol. The summed E-state index contributed by atoms with van der Waals surface area (Å²) >= 11 is 5.86. The number of rotatable bonds is 5. The molecule has 1 unspecified atom stereocenters. The average molecular weight is 303 g/mol. The number of likely N-dealkylation sites (tertiary alicyclic amines) is 1. The molecule has 2 rings (SSSR count). The van der Waals surface area contributed by atoms with E-state index in [0.29, 0.717) is 6.54 Å². The number of aliphatic hydroxyl groups is 1. The summed E-state index contributed by atoms with van der Waals surface area (Å²) in [6.45, 7) is 4.38. The lowest BCUT2D eigenvalue weighted by Crippen LogP contribution is -2.45. The van der Waals surface area contributed by atoms with Gasteiger partial charge in [-0.2, -0.15) is 0 Å². The Bertz CT molecular complexity index is 483. The van der Waals surface area contributed by atoms with Crippen molar-refractivity contribution in [3.05, 3.63) is 21.6 Å². The minimum absolute atomic E-state index is 0.0237. The summed E-state index contributed by atoms with van der Waals surface area (Å²) in [5.74, 6) is -0.302. The van der Waals surface area contributed by atoms with Gasteiger partial charge in [-0.25, -0.2) is 0 Å². The number of β-amino-alcohol motifs (C(OH)–C–C–N with tert-alkyl or cyclic N) is 1. The number of nitro groups is 1. The Morgan fingerprint density at radius 3 is 2.65 bits per heavy atom. The number of imidazole rings is 1. The third kappa shape index (κ3) is 3.91. The molecule has 2 heterocycles. The molecule has 1 aliphatic heterocycles. The van der Waals surface area contributed by atoms with Gasteiger partial charge in [0.15, 0.2) is 0 Å². The number of piperidine rings is 1. The van der Waals surface area contributed by atoms with E-state index >= 15 is 0 Å². The van der Waals surface area contributed by atoms with Crippen molar-refractivity contribution in [3.8, 4) is 0 Å². The van der Waals surface area contributed by atoms with Gasteiger partial charge in [-0.05, 0) is 54.4 Å². The molecule has 1 atom stereocenters. The molecule has 20 heavy (non-hydrogen) atoms. The SMILES string of the molecule is CC(O)(CN1CCCCC1)Cn1cc([N+](=O)[O-])nc1Cl. The summed E-state index contributed by atoms with van der Waals surface area (Å²) in [6.07, 6.45) is 4.78. The Hall–Kier alpha value is -1.18. The van der Waals surface area contributed by atoms with Gasteiger partial charge in [0.1, 0.15) is 6.20 Å². The van der Waals surface area contributed by atoms with Gasteiger partial charge >= 0.3 is 11.1 Å². The molecule has 7 nitrogen and oxygen atoms in total. The maximum atomic E-state index is 10.6. The number of hydrogen-bond donors (Lipinski definition) is 1. The lowest BCUT2D eigenvalue weighted by atomic mass is 10.0. The fourth-order valence-electron chi connectivity index (χ4n) is 2.60. The van der Waals surface area contributed by atoms with Crippen LogP contribution in [-0.2, 0) is 6.54 Å². The van der Waals surface area contributed by atoms with Crippen molar-refractivity contribution in [1.29, 1.82) is 0 Å². The van der Waals surface area contributed by atoms with Crippen LogP contribution in [0.3, 0.4) is 0 Å². The Balaban J connectivity index is 2.01. The van der Waals surface area contributed by atoms with Gasteiger partial charge in [-0.1, -0.05) is 6.42 Å². The van der Waals surface area contributed by atoms with Crippen LogP contribution in [0.25, 0.3) is 0 Å². The summed E-state index contributed by atoms with van der Waals surface area (Å²) in [5, 5.41) is 21.1.